The van der Waals surface area contributed by atoms with Gasteiger partial charge in [-0.3, -0.25) is 0 Å². The summed E-state index contributed by atoms with van der Waals surface area (Å²) in [7, 11) is 1.11. The van der Waals surface area contributed by atoms with Gasteiger partial charge in [-0.15, -0.1) is 0 Å². The van der Waals surface area contributed by atoms with Crippen LogP contribution < -0.4 is 4.74 Å². The third kappa shape index (κ3) is 4.07. The van der Waals surface area contributed by atoms with Crippen molar-refractivity contribution in [2.75, 3.05) is 0 Å². The van der Waals surface area contributed by atoms with Crippen LogP contribution in [-0.4, -0.2) is 14.8 Å². The lowest BCUT2D eigenvalue weighted by Crippen LogP contribution is -2.06. The fourth-order valence-electron chi connectivity index (χ4n) is 2.49. The Labute approximate surface area is 163 Å². The number of hydrogen-bond acceptors (Lipinski definition) is 3. The van der Waals surface area contributed by atoms with Gasteiger partial charge < -0.3 is 4.74 Å². The summed E-state index contributed by atoms with van der Waals surface area (Å²) in [5.74, 6) is -3.82. The smallest absolute Gasteiger partial charge is 0.418 e. The highest BCUT2D eigenvalue weighted by Crippen LogP contribution is 2.36. The molecular weight excluding hydrogens is 426 g/mol. The zero-order valence-electron chi connectivity index (χ0n) is 15.2. The van der Waals surface area contributed by atoms with E-state index in [9.17, 15) is 35.1 Å². The topological polar surface area (TPSA) is 39.9 Å². The Morgan fingerprint density at radius 1 is 0.900 bits per heavy atom. The first-order valence-electron chi connectivity index (χ1n) is 8.11. The number of benzene rings is 1. The normalized spacial score (nSPS) is 12.3. The second-order valence-corrected chi connectivity index (χ2v) is 6.18. The molecule has 0 aliphatic carbocycles. The van der Waals surface area contributed by atoms with E-state index in [4.69, 9.17) is 4.74 Å². The molecule has 30 heavy (non-hydrogen) atoms. The van der Waals surface area contributed by atoms with Crippen molar-refractivity contribution in [2.45, 2.75) is 19.3 Å². The van der Waals surface area contributed by atoms with Gasteiger partial charge in [-0.25, -0.2) is 18.4 Å². The number of nitrogens with zero attached hydrogens (tertiary/aromatic N) is 3. The van der Waals surface area contributed by atoms with Crippen molar-refractivity contribution in [1.82, 2.24) is 14.8 Å². The molecule has 0 spiro atoms. The maximum absolute atomic E-state index is 14.5. The van der Waals surface area contributed by atoms with Gasteiger partial charge in [0.1, 0.15) is 5.69 Å². The molecule has 160 valence electrons. The molecule has 0 N–H and O–H groups in total. The summed E-state index contributed by atoms with van der Waals surface area (Å²) in [6, 6.07) is 3.73. The minimum atomic E-state index is -4.78. The summed E-state index contributed by atoms with van der Waals surface area (Å²) in [6.45, 7) is 1.02. The minimum absolute atomic E-state index is 0.116. The van der Waals surface area contributed by atoms with Gasteiger partial charge in [0.05, 0.1) is 5.56 Å². The van der Waals surface area contributed by atoms with E-state index in [0.717, 1.165) is 26.1 Å². The van der Waals surface area contributed by atoms with Crippen molar-refractivity contribution < 1.29 is 39.9 Å². The van der Waals surface area contributed by atoms with Gasteiger partial charge in [-0.1, -0.05) is 12.1 Å². The van der Waals surface area contributed by atoms with Gasteiger partial charge in [-0.05, 0) is 19.1 Å². The first-order chi connectivity index (χ1) is 13.8. The molecule has 3 rings (SSSR count). The van der Waals surface area contributed by atoms with Crippen LogP contribution in [0.5, 0.6) is 11.8 Å². The summed E-state index contributed by atoms with van der Waals surface area (Å²) >= 11 is 0. The molecule has 0 unspecified atom stereocenters. The maximum Gasteiger partial charge on any atom is 0.435 e. The molecule has 3 aromatic rings. The van der Waals surface area contributed by atoms with Gasteiger partial charge in [0.15, 0.2) is 17.3 Å². The Bertz CT molecular complexity index is 1080. The van der Waals surface area contributed by atoms with Crippen LogP contribution in [0.1, 0.15) is 16.8 Å². The van der Waals surface area contributed by atoms with E-state index in [1.165, 1.54) is 0 Å². The molecule has 12 heteroatoms. The summed E-state index contributed by atoms with van der Waals surface area (Å²) in [4.78, 5) is 3.63. The van der Waals surface area contributed by atoms with Gasteiger partial charge in [-0.2, -0.15) is 31.4 Å². The number of hydrogen-bond donors (Lipinski definition) is 0. The molecule has 0 saturated carbocycles. The molecule has 2 heterocycles. The van der Waals surface area contributed by atoms with Gasteiger partial charge in [0, 0.05) is 24.2 Å². The quantitative estimate of drug-likeness (QED) is 0.479. The number of halogens is 8. The second kappa shape index (κ2) is 7.26. The highest BCUT2D eigenvalue weighted by atomic mass is 19.4. The number of alkyl halides is 6. The van der Waals surface area contributed by atoms with E-state index in [1.807, 2.05) is 0 Å². The molecule has 2 aromatic heterocycles. The fourth-order valence-corrected chi connectivity index (χ4v) is 2.49. The van der Waals surface area contributed by atoms with Crippen LogP contribution in [-0.2, 0) is 19.4 Å². The van der Waals surface area contributed by atoms with Crippen LogP contribution in [0, 0.1) is 18.6 Å². The molecule has 0 amide bonds. The van der Waals surface area contributed by atoms with E-state index in [2.05, 4.69) is 10.1 Å². The molecule has 0 bridgehead atoms. The van der Waals surface area contributed by atoms with Gasteiger partial charge in [0.25, 0.3) is 5.88 Å². The molecule has 0 radical (unpaired) electrons. The van der Waals surface area contributed by atoms with Crippen molar-refractivity contribution in [2.24, 2.45) is 7.05 Å². The fraction of sp³-hybridized carbons (Fsp3) is 0.222. The number of aromatic nitrogens is 3. The van der Waals surface area contributed by atoms with Crippen molar-refractivity contribution in [3.63, 3.8) is 0 Å². The van der Waals surface area contributed by atoms with Gasteiger partial charge >= 0.3 is 12.4 Å². The average molecular weight is 437 g/mol. The summed E-state index contributed by atoms with van der Waals surface area (Å²) < 4.78 is 111. The number of aryl methyl sites for hydroxylation is 1. The predicted octanol–water partition coefficient (Wildman–Crippen LogP) is 5.90. The van der Waals surface area contributed by atoms with E-state index in [1.54, 1.807) is 0 Å². The zero-order chi connectivity index (χ0) is 22.4. The van der Waals surface area contributed by atoms with Crippen LogP contribution in [0.4, 0.5) is 35.1 Å². The summed E-state index contributed by atoms with van der Waals surface area (Å²) in [5.41, 5.74) is -3.52. The second-order valence-electron chi connectivity index (χ2n) is 6.18. The van der Waals surface area contributed by atoms with Crippen LogP contribution in [0.3, 0.4) is 0 Å². The lowest BCUT2D eigenvalue weighted by molar-refractivity contribution is -0.141. The molecule has 0 saturated heterocycles. The molecule has 0 fully saturated rings. The standard InChI is InChI=1S/C18H11F8N3O/c1-8-13(19)15(9-3-5-10(6-4-9)17(21,22)23)27-16(14(8)20)30-12-7-11(18(24,25)26)28-29(12)2/h3-7H,1-2H3. The molecule has 0 aliphatic heterocycles. The van der Waals surface area contributed by atoms with Crippen molar-refractivity contribution in [3.8, 4) is 23.0 Å². The Hall–Kier alpha value is -3.18. The van der Waals surface area contributed by atoms with Crippen molar-refractivity contribution >= 4 is 0 Å². The SMILES string of the molecule is Cc1c(F)c(Oc2cc(C(F)(F)F)nn2C)nc(-c2ccc(C(F)(F)F)cc2)c1F. The van der Waals surface area contributed by atoms with Crippen LogP contribution in [0.15, 0.2) is 30.3 Å². The predicted molar refractivity (Wildman–Crippen MR) is 87.6 cm³/mol. The molecule has 1 aromatic carbocycles. The molecule has 0 atom stereocenters. The Kier molecular flexibility index (Phi) is 5.21. The van der Waals surface area contributed by atoms with E-state index in [-0.39, 0.29) is 5.56 Å². The van der Waals surface area contributed by atoms with Crippen molar-refractivity contribution in [3.05, 3.63) is 58.8 Å². The molecule has 4 nitrogen and oxygen atoms in total. The first-order valence-corrected chi connectivity index (χ1v) is 8.11. The highest BCUT2D eigenvalue weighted by Gasteiger charge is 2.35. The van der Waals surface area contributed by atoms with E-state index < -0.39 is 58.3 Å². The van der Waals surface area contributed by atoms with Crippen molar-refractivity contribution in [1.29, 1.82) is 0 Å². The number of rotatable bonds is 3. The lowest BCUT2D eigenvalue weighted by atomic mass is 10.1. The third-order valence-electron chi connectivity index (χ3n) is 4.08. The van der Waals surface area contributed by atoms with Crippen LogP contribution in [0.2, 0.25) is 0 Å². The Balaban J connectivity index is 2.04. The first kappa shape index (κ1) is 21.5. The number of ether oxygens (including phenoxy) is 1. The zero-order valence-corrected chi connectivity index (χ0v) is 15.2. The molecule has 0 aliphatic rings. The summed E-state index contributed by atoms with van der Waals surface area (Å²) in [6.07, 6.45) is -9.40. The lowest BCUT2D eigenvalue weighted by Gasteiger charge is -2.12. The van der Waals surface area contributed by atoms with E-state index in [0.29, 0.717) is 22.9 Å². The monoisotopic (exact) mass is 437 g/mol. The Morgan fingerprint density at radius 3 is 2.00 bits per heavy atom. The Morgan fingerprint density at radius 2 is 1.50 bits per heavy atom. The van der Waals surface area contributed by atoms with Crippen LogP contribution in [0.25, 0.3) is 11.3 Å². The highest BCUT2D eigenvalue weighted by molar-refractivity contribution is 5.62. The third-order valence-corrected chi connectivity index (χ3v) is 4.08. The van der Waals surface area contributed by atoms with Gasteiger partial charge in [0.2, 0.25) is 5.88 Å². The molecular formula is C18H11F8N3O. The minimum Gasteiger partial charge on any atom is -0.418 e. The largest absolute Gasteiger partial charge is 0.435 e. The average Bonchev–Trinajstić information content (AvgIpc) is 3.02. The number of pyridine rings is 1. The van der Waals surface area contributed by atoms with Crippen LogP contribution >= 0.6 is 0 Å². The van der Waals surface area contributed by atoms with E-state index >= 15 is 0 Å². The maximum atomic E-state index is 14.5. The summed E-state index contributed by atoms with van der Waals surface area (Å²) in [5, 5.41) is 3.20.